The van der Waals surface area contributed by atoms with Crippen molar-refractivity contribution in [3.05, 3.63) is 46.0 Å². The highest BCUT2D eigenvalue weighted by Crippen LogP contribution is 2.26. The zero-order valence-corrected chi connectivity index (χ0v) is 13.2. The maximum Gasteiger partial charge on any atom is 0.175 e. The zero-order chi connectivity index (χ0) is 14.0. The summed E-state index contributed by atoms with van der Waals surface area (Å²) in [6.07, 6.45) is 1.16. The minimum absolute atomic E-state index is 0.221. The van der Waals surface area contributed by atoms with E-state index < -0.39 is 9.84 Å². The molecule has 0 saturated heterocycles. The first-order valence-corrected chi connectivity index (χ1v) is 8.45. The number of hydrogen-bond acceptors (Lipinski definition) is 4. The van der Waals surface area contributed by atoms with Crippen LogP contribution in [0.3, 0.4) is 0 Å². The van der Waals surface area contributed by atoms with E-state index in [0.717, 1.165) is 15.5 Å². The van der Waals surface area contributed by atoms with Gasteiger partial charge in [-0.25, -0.2) is 8.42 Å². The topological polar surface area (TPSA) is 72.2 Å². The van der Waals surface area contributed by atoms with Crippen LogP contribution in [0.2, 0.25) is 0 Å². The summed E-state index contributed by atoms with van der Waals surface area (Å²) in [5.74, 6) is 0. The average molecular weight is 388 g/mol. The fourth-order valence-corrected chi connectivity index (χ4v) is 2.81. The SMILES string of the molecule is CS(=O)(=O)c1ccc(Nc2cccc(I)c2)c(N)c1. The molecule has 2 rings (SSSR count). The molecule has 0 amide bonds. The van der Waals surface area contributed by atoms with E-state index >= 15 is 0 Å². The van der Waals surface area contributed by atoms with Crippen LogP contribution in [-0.4, -0.2) is 14.7 Å². The number of sulfone groups is 1. The summed E-state index contributed by atoms with van der Waals surface area (Å²) in [7, 11) is -3.23. The van der Waals surface area contributed by atoms with Gasteiger partial charge in [-0.05, 0) is 59.0 Å². The molecule has 0 radical (unpaired) electrons. The van der Waals surface area contributed by atoms with Crippen molar-refractivity contribution in [2.45, 2.75) is 4.90 Å². The van der Waals surface area contributed by atoms with E-state index in [1.165, 1.54) is 6.07 Å². The van der Waals surface area contributed by atoms with E-state index in [1.807, 2.05) is 24.3 Å². The van der Waals surface area contributed by atoms with Gasteiger partial charge in [0, 0.05) is 15.5 Å². The first kappa shape index (κ1) is 14.1. The first-order chi connectivity index (χ1) is 8.86. The molecule has 3 N–H and O–H groups in total. The van der Waals surface area contributed by atoms with Gasteiger partial charge < -0.3 is 11.1 Å². The van der Waals surface area contributed by atoms with Gasteiger partial charge in [0.15, 0.2) is 9.84 Å². The Balaban J connectivity index is 2.32. The predicted octanol–water partition coefficient (Wildman–Crippen LogP) is 3.02. The van der Waals surface area contributed by atoms with Crippen molar-refractivity contribution < 1.29 is 8.42 Å². The molecule has 0 aliphatic rings. The minimum Gasteiger partial charge on any atom is -0.397 e. The highest BCUT2D eigenvalue weighted by Gasteiger charge is 2.09. The fraction of sp³-hybridized carbons (Fsp3) is 0.0769. The Bertz CT molecular complexity index is 714. The Hall–Kier alpha value is -1.28. The highest BCUT2D eigenvalue weighted by atomic mass is 127. The molecular weight excluding hydrogens is 375 g/mol. The standard InChI is InChI=1S/C13H13IN2O2S/c1-19(17,18)11-5-6-13(12(15)8-11)16-10-4-2-3-9(14)7-10/h2-8,16H,15H2,1H3. The highest BCUT2D eigenvalue weighted by molar-refractivity contribution is 14.1. The fourth-order valence-electron chi connectivity index (χ4n) is 1.61. The zero-order valence-electron chi connectivity index (χ0n) is 10.2. The van der Waals surface area contributed by atoms with Gasteiger partial charge in [0.2, 0.25) is 0 Å². The smallest absolute Gasteiger partial charge is 0.175 e. The third kappa shape index (κ3) is 3.60. The lowest BCUT2D eigenvalue weighted by Crippen LogP contribution is -2.01. The summed E-state index contributed by atoms with van der Waals surface area (Å²) >= 11 is 2.22. The van der Waals surface area contributed by atoms with Crippen LogP contribution in [0.1, 0.15) is 0 Å². The van der Waals surface area contributed by atoms with Gasteiger partial charge in [0.25, 0.3) is 0 Å². The Morgan fingerprint density at radius 2 is 1.89 bits per heavy atom. The van der Waals surface area contributed by atoms with E-state index in [0.29, 0.717) is 11.4 Å². The van der Waals surface area contributed by atoms with Crippen LogP contribution in [-0.2, 0) is 9.84 Å². The van der Waals surface area contributed by atoms with Crippen LogP contribution in [0.5, 0.6) is 0 Å². The molecule has 4 nitrogen and oxygen atoms in total. The molecule has 0 spiro atoms. The number of benzene rings is 2. The summed E-state index contributed by atoms with van der Waals surface area (Å²) in [6.45, 7) is 0. The lowest BCUT2D eigenvalue weighted by Gasteiger charge is -2.10. The van der Waals surface area contributed by atoms with Gasteiger partial charge in [-0.3, -0.25) is 0 Å². The molecule has 19 heavy (non-hydrogen) atoms. The van der Waals surface area contributed by atoms with Crippen LogP contribution in [0, 0.1) is 3.57 Å². The van der Waals surface area contributed by atoms with Crippen LogP contribution in [0.25, 0.3) is 0 Å². The van der Waals surface area contributed by atoms with Crippen molar-refractivity contribution in [1.82, 2.24) is 0 Å². The summed E-state index contributed by atoms with van der Waals surface area (Å²) in [5.41, 5.74) is 7.88. The normalized spacial score (nSPS) is 11.3. The molecule has 0 saturated carbocycles. The van der Waals surface area contributed by atoms with Gasteiger partial charge in [-0.15, -0.1) is 0 Å². The number of nitrogens with two attached hydrogens (primary N) is 1. The average Bonchev–Trinajstić information content (AvgIpc) is 2.30. The number of nitrogens with one attached hydrogen (secondary N) is 1. The van der Waals surface area contributed by atoms with Gasteiger partial charge in [-0.1, -0.05) is 6.07 Å². The third-order valence-corrected chi connectivity index (χ3v) is 4.34. The van der Waals surface area contributed by atoms with E-state index in [1.54, 1.807) is 12.1 Å². The monoisotopic (exact) mass is 388 g/mol. The van der Waals surface area contributed by atoms with Crippen molar-refractivity contribution in [2.24, 2.45) is 0 Å². The maximum absolute atomic E-state index is 11.4. The number of anilines is 3. The minimum atomic E-state index is -3.23. The van der Waals surface area contributed by atoms with Crippen LogP contribution < -0.4 is 11.1 Å². The molecule has 0 aliphatic heterocycles. The van der Waals surface area contributed by atoms with Crippen molar-refractivity contribution in [3.63, 3.8) is 0 Å². The lowest BCUT2D eigenvalue weighted by molar-refractivity contribution is 0.602. The largest absolute Gasteiger partial charge is 0.397 e. The number of halogens is 1. The Labute approximate surface area is 126 Å². The number of rotatable bonds is 3. The van der Waals surface area contributed by atoms with E-state index in [2.05, 4.69) is 27.9 Å². The molecule has 0 unspecified atom stereocenters. The van der Waals surface area contributed by atoms with Gasteiger partial charge >= 0.3 is 0 Å². The molecular formula is C13H13IN2O2S. The van der Waals surface area contributed by atoms with Crippen LogP contribution >= 0.6 is 22.6 Å². The van der Waals surface area contributed by atoms with Crippen LogP contribution in [0.15, 0.2) is 47.4 Å². The quantitative estimate of drug-likeness (QED) is 0.627. The summed E-state index contributed by atoms with van der Waals surface area (Å²) in [4.78, 5) is 0.221. The molecule has 0 fully saturated rings. The summed E-state index contributed by atoms with van der Waals surface area (Å²) in [6, 6.07) is 12.5. The molecule has 2 aromatic rings. The Morgan fingerprint density at radius 1 is 1.16 bits per heavy atom. The second-order valence-corrected chi connectivity index (χ2v) is 7.42. The van der Waals surface area contributed by atoms with Crippen molar-refractivity contribution >= 4 is 49.5 Å². The molecule has 0 bridgehead atoms. The van der Waals surface area contributed by atoms with Crippen molar-refractivity contribution in [1.29, 1.82) is 0 Å². The third-order valence-electron chi connectivity index (χ3n) is 2.55. The van der Waals surface area contributed by atoms with E-state index in [-0.39, 0.29) is 4.90 Å². The van der Waals surface area contributed by atoms with E-state index in [9.17, 15) is 8.42 Å². The van der Waals surface area contributed by atoms with Gasteiger partial charge in [0.1, 0.15) is 0 Å². The Morgan fingerprint density at radius 3 is 2.47 bits per heavy atom. The van der Waals surface area contributed by atoms with E-state index in [4.69, 9.17) is 5.73 Å². The second kappa shape index (κ2) is 5.38. The first-order valence-electron chi connectivity index (χ1n) is 5.48. The molecule has 100 valence electrons. The summed E-state index contributed by atoms with van der Waals surface area (Å²) in [5, 5.41) is 3.17. The van der Waals surface area contributed by atoms with Crippen molar-refractivity contribution in [3.8, 4) is 0 Å². The number of hydrogen-bond donors (Lipinski definition) is 2. The van der Waals surface area contributed by atoms with Crippen molar-refractivity contribution in [2.75, 3.05) is 17.3 Å². The predicted molar refractivity (Wildman–Crippen MR) is 86.4 cm³/mol. The summed E-state index contributed by atoms with van der Waals surface area (Å²) < 4.78 is 24.0. The number of nitrogen functional groups attached to an aromatic ring is 1. The molecule has 0 atom stereocenters. The molecule has 2 aromatic carbocycles. The second-order valence-electron chi connectivity index (χ2n) is 4.16. The Kier molecular flexibility index (Phi) is 4.00. The van der Waals surface area contributed by atoms with Gasteiger partial charge in [0.05, 0.1) is 16.3 Å². The molecule has 0 aromatic heterocycles. The van der Waals surface area contributed by atoms with Crippen LogP contribution in [0.4, 0.5) is 17.1 Å². The maximum atomic E-state index is 11.4. The molecule has 0 aliphatic carbocycles. The molecule has 6 heteroatoms. The lowest BCUT2D eigenvalue weighted by atomic mass is 10.2. The van der Waals surface area contributed by atoms with Gasteiger partial charge in [-0.2, -0.15) is 0 Å². The molecule has 0 heterocycles.